The summed E-state index contributed by atoms with van der Waals surface area (Å²) in [6.07, 6.45) is 2.05. The van der Waals surface area contributed by atoms with Crippen molar-refractivity contribution in [2.75, 3.05) is 18.6 Å². The summed E-state index contributed by atoms with van der Waals surface area (Å²) in [6, 6.07) is 0. The van der Waals surface area contributed by atoms with Crippen molar-refractivity contribution < 1.29 is 5.11 Å². The van der Waals surface area contributed by atoms with E-state index in [1.54, 1.807) is 11.8 Å². The second kappa shape index (κ2) is 4.47. The average Bonchev–Trinajstić information content (AvgIpc) is 1.68. The summed E-state index contributed by atoms with van der Waals surface area (Å²) in [7, 11) is 0. The van der Waals surface area contributed by atoms with Gasteiger partial charge in [-0.3, -0.25) is 0 Å². The van der Waals surface area contributed by atoms with E-state index in [0.717, 1.165) is 5.75 Å². The molecule has 0 amide bonds. The Balaban J connectivity index is 2.83. The SMILES string of the molecule is CSC[C@H](C)CO. The Morgan fingerprint density at radius 1 is 1.71 bits per heavy atom. The molecule has 0 aromatic rings. The third-order valence-corrected chi connectivity index (χ3v) is 1.67. The number of aliphatic hydroxyl groups excluding tert-OH is 1. The number of aliphatic hydroxyl groups is 1. The largest absolute Gasteiger partial charge is 0.396 e. The molecule has 0 aliphatic rings. The Hall–Kier alpha value is 0.310. The first-order valence-corrected chi connectivity index (χ1v) is 3.80. The first kappa shape index (κ1) is 7.31. The van der Waals surface area contributed by atoms with Crippen molar-refractivity contribution in [1.82, 2.24) is 0 Å². The van der Waals surface area contributed by atoms with Gasteiger partial charge in [0.05, 0.1) is 0 Å². The maximum atomic E-state index is 8.45. The average molecular weight is 120 g/mol. The predicted molar refractivity (Wildman–Crippen MR) is 34.6 cm³/mol. The number of hydrogen-bond acceptors (Lipinski definition) is 2. The molecule has 1 N–H and O–H groups in total. The molecule has 0 spiro atoms. The van der Waals surface area contributed by atoms with Crippen molar-refractivity contribution in [3.05, 3.63) is 0 Å². The summed E-state index contributed by atoms with van der Waals surface area (Å²) in [5, 5.41) is 8.45. The fourth-order valence-corrected chi connectivity index (χ4v) is 1.01. The lowest BCUT2D eigenvalue weighted by Crippen LogP contribution is -2.02. The van der Waals surface area contributed by atoms with Crippen LogP contribution in [0.1, 0.15) is 6.92 Å². The smallest absolute Gasteiger partial charge is 0.0464 e. The van der Waals surface area contributed by atoms with Gasteiger partial charge in [-0.25, -0.2) is 0 Å². The van der Waals surface area contributed by atoms with Crippen LogP contribution in [-0.2, 0) is 0 Å². The normalized spacial score (nSPS) is 14.1. The Labute approximate surface area is 49.1 Å². The fourth-order valence-electron chi connectivity index (χ4n) is 0.337. The fraction of sp³-hybridized carbons (Fsp3) is 1.00. The molecule has 0 unspecified atom stereocenters. The van der Waals surface area contributed by atoms with Gasteiger partial charge in [0.1, 0.15) is 0 Å². The van der Waals surface area contributed by atoms with Crippen LogP contribution in [0.5, 0.6) is 0 Å². The van der Waals surface area contributed by atoms with Gasteiger partial charge in [0.15, 0.2) is 0 Å². The highest BCUT2D eigenvalue weighted by molar-refractivity contribution is 7.98. The third-order valence-electron chi connectivity index (χ3n) is 0.763. The van der Waals surface area contributed by atoms with E-state index in [1.165, 1.54) is 0 Å². The van der Waals surface area contributed by atoms with Crippen LogP contribution in [0, 0.1) is 5.92 Å². The monoisotopic (exact) mass is 120 g/mol. The lowest BCUT2D eigenvalue weighted by atomic mass is 10.2. The molecular formula is C5H12OS. The molecule has 0 radical (unpaired) electrons. The van der Waals surface area contributed by atoms with Crippen LogP contribution in [0.4, 0.5) is 0 Å². The minimum Gasteiger partial charge on any atom is -0.396 e. The maximum absolute atomic E-state index is 8.45. The summed E-state index contributed by atoms with van der Waals surface area (Å²) in [5.41, 5.74) is 0. The standard InChI is InChI=1S/C5H12OS/c1-5(3-6)4-7-2/h5-6H,3-4H2,1-2H3/t5-/m1/s1. The molecule has 0 aromatic carbocycles. The third kappa shape index (κ3) is 4.16. The molecule has 0 saturated heterocycles. The van der Waals surface area contributed by atoms with Gasteiger partial charge in [0, 0.05) is 6.61 Å². The highest BCUT2D eigenvalue weighted by Crippen LogP contribution is 2.01. The van der Waals surface area contributed by atoms with Gasteiger partial charge < -0.3 is 5.11 Å². The zero-order valence-corrected chi connectivity index (χ0v) is 5.66. The van der Waals surface area contributed by atoms with E-state index >= 15 is 0 Å². The Bertz CT molecular complexity index is 39.1. The predicted octanol–water partition coefficient (Wildman–Crippen LogP) is 0.978. The molecule has 0 aliphatic carbocycles. The van der Waals surface area contributed by atoms with Crippen LogP contribution < -0.4 is 0 Å². The number of hydrogen-bond donors (Lipinski definition) is 1. The molecule has 7 heavy (non-hydrogen) atoms. The van der Waals surface area contributed by atoms with Crippen molar-refractivity contribution in [2.24, 2.45) is 5.92 Å². The van der Waals surface area contributed by atoms with Crippen LogP contribution in [0.3, 0.4) is 0 Å². The van der Waals surface area contributed by atoms with E-state index in [2.05, 4.69) is 0 Å². The van der Waals surface area contributed by atoms with Crippen molar-refractivity contribution in [3.8, 4) is 0 Å². The first-order chi connectivity index (χ1) is 3.31. The summed E-state index contributed by atoms with van der Waals surface area (Å²) >= 11 is 1.77. The zero-order chi connectivity index (χ0) is 5.70. The molecule has 44 valence electrons. The second-order valence-electron chi connectivity index (χ2n) is 1.74. The molecule has 0 saturated carbocycles. The van der Waals surface area contributed by atoms with E-state index in [4.69, 9.17) is 5.11 Å². The molecule has 0 rings (SSSR count). The van der Waals surface area contributed by atoms with Gasteiger partial charge in [0.2, 0.25) is 0 Å². The molecular weight excluding hydrogens is 108 g/mol. The summed E-state index contributed by atoms with van der Waals surface area (Å²) in [4.78, 5) is 0. The van der Waals surface area contributed by atoms with Crippen LogP contribution in [0.15, 0.2) is 0 Å². The van der Waals surface area contributed by atoms with Crippen LogP contribution in [0.25, 0.3) is 0 Å². The lowest BCUT2D eigenvalue weighted by Gasteiger charge is -2.01. The van der Waals surface area contributed by atoms with E-state index < -0.39 is 0 Å². The maximum Gasteiger partial charge on any atom is 0.0464 e. The van der Waals surface area contributed by atoms with E-state index in [0.29, 0.717) is 12.5 Å². The minimum atomic E-state index is 0.320. The first-order valence-electron chi connectivity index (χ1n) is 2.41. The Morgan fingerprint density at radius 3 is 2.43 bits per heavy atom. The van der Waals surface area contributed by atoms with Gasteiger partial charge in [-0.1, -0.05) is 6.92 Å². The summed E-state index contributed by atoms with van der Waals surface area (Å²) in [5.74, 6) is 1.53. The molecule has 0 aliphatic heterocycles. The van der Waals surface area contributed by atoms with Gasteiger partial charge in [0.25, 0.3) is 0 Å². The molecule has 1 nitrogen and oxygen atoms in total. The van der Waals surface area contributed by atoms with E-state index in [1.807, 2.05) is 13.2 Å². The molecule has 0 aromatic heterocycles. The zero-order valence-electron chi connectivity index (χ0n) is 4.85. The molecule has 0 heterocycles. The quantitative estimate of drug-likeness (QED) is 0.599. The lowest BCUT2D eigenvalue weighted by molar-refractivity contribution is 0.250. The van der Waals surface area contributed by atoms with Gasteiger partial charge in [-0.2, -0.15) is 11.8 Å². The number of rotatable bonds is 3. The van der Waals surface area contributed by atoms with Gasteiger partial charge in [-0.05, 0) is 17.9 Å². The summed E-state index contributed by atoms with van der Waals surface area (Å²) in [6.45, 7) is 2.36. The highest BCUT2D eigenvalue weighted by atomic mass is 32.2. The van der Waals surface area contributed by atoms with E-state index in [9.17, 15) is 0 Å². The number of thioether (sulfide) groups is 1. The molecule has 1 atom stereocenters. The minimum absolute atomic E-state index is 0.320. The van der Waals surface area contributed by atoms with Crippen molar-refractivity contribution in [3.63, 3.8) is 0 Å². The molecule has 0 bridgehead atoms. The van der Waals surface area contributed by atoms with Crippen LogP contribution in [-0.4, -0.2) is 23.7 Å². The van der Waals surface area contributed by atoms with Crippen molar-refractivity contribution >= 4 is 11.8 Å². The van der Waals surface area contributed by atoms with Crippen LogP contribution >= 0.6 is 11.8 Å². The highest BCUT2D eigenvalue weighted by Gasteiger charge is 1.94. The Morgan fingerprint density at radius 2 is 2.29 bits per heavy atom. The molecule has 0 fully saturated rings. The topological polar surface area (TPSA) is 20.2 Å². The van der Waals surface area contributed by atoms with Crippen molar-refractivity contribution in [2.45, 2.75) is 6.92 Å². The van der Waals surface area contributed by atoms with Crippen LogP contribution in [0.2, 0.25) is 0 Å². The van der Waals surface area contributed by atoms with Crippen molar-refractivity contribution in [1.29, 1.82) is 0 Å². The van der Waals surface area contributed by atoms with E-state index in [-0.39, 0.29) is 0 Å². The summed E-state index contributed by atoms with van der Waals surface area (Å²) < 4.78 is 0. The van der Waals surface area contributed by atoms with Gasteiger partial charge in [-0.15, -0.1) is 0 Å². The van der Waals surface area contributed by atoms with Gasteiger partial charge >= 0.3 is 0 Å². The second-order valence-corrected chi connectivity index (χ2v) is 2.65. The molecule has 2 heteroatoms. The Kier molecular flexibility index (Phi) is 4.67.